The summed E-state index contributed by atoms with van der Waals surface area (Å²) in [7, 11) is 0. The minimum Gasteiger partial charge on any atom is -0.468 e. The summed E-state index contributed by atoms with van der Waals surface area (Å²) in [5.74, 6) is -0.547. The van der Waals surface area contributed by atoms with E-state index in [1.165, 1.54) is 0 Å². The van der Waals surface area contributed by atoms with Gasteiger partial charge in [-0.2, -0.15) is 4.99 Å². The quantitative estimate of drug-likeness (QED) is 0.477. The van der Waals surface area contributed by atoms with Gasteiger partial charge >= 0.3 is 11.6 Å². The van der Waals surface area contributed by atoms with E-state index >= 15 is 0 Å². The number of aromatic amines is 2. The molecule has 0 radical (unpaired) electrons. The van der Waals surface area contributed by atoms with Gasteiger partial charge in [0.2, 0.25) is 0 Å². The van der Waals surface area contributed by atoms with Gasteiger partial charge in [0, 0.05) is 0 Å². The first-order chi connectivity index (χ1) is 7.66. The van der Waals surface area contributed by atoms with Crippen molar-refractivity contribution in [2.45, 2.75) is 0 Å². The first-order valence-corrected chi connectivity index (χ1v) is 4.34. The predicted molar refractivity (Wildman–Crippen MR) is 50.3 cm³/mol. The molecule has 0 saturated carbocycles. The van der Waals surface area contributed by atoms with Crippen LogP contribution in [0.2, 0.25) is 0 Å². The number of hydrogen-bond donors (Lipinski definition) is 2. The number of H-pyrrole nitrogens is 2. The maximum atomic E-state index is 11.5. The van der Waals surface area contributed by atoms with Crippen LogP contribution in [0, 0.1) is 0 Å². The number of rotatable bonds is 0. The van der Waals surface area contributed by atoms with Crippen molar-refractivity contribution in [2.24, 2.45) is 9.98 Å². The highest BCUT2D eigenvalue weighted by molar-refractivity contribution is 6.53. The lowest BCUT2D eigenvalue weighted by molar-refractivity contribution is -0.112. The van der Waals surface area contributed by atoms with E-state index in [4.69, 9.17) is 4.74 Å². The molecule has 0 fully saturated rings. The summed E-state index contributed by atoms with van der Waals surface area (Å²) in [4.78, 5) is 45.6. The average molecular weight is 220 g/mol. The van der Waals surface area contributed by atoms with Crippen molar-refractivity contribution in [3.05, 3.63) is 31.5 Å². The molecule has 3 rings (SSSR count). The second kappa shape index (κ2) is 2.75. The summed E-state index contributed by atoms with van der Waals surface area (Å²) in [5.41, 5.74) is -1.45. The Morgan fingerprint density at radius 2 is 2.00 bits per heavy atom. The molecule has 2 aliphatic rings. The highest BCUT2D eigenvalue weighted by Gasteiger charge is 2.28. The number of nitrogens with zero attached hydrogens (tertiary/aromatic N) is 2. The van der Waals surface area contributed by atoms with Crippen molar-refractivity contribution in [1.82, 2.24) is 9.97 Å². The van der Waals surface area contributed by atoms with Gasteiger partial charge in [-0.3, -0.25) is 19.6 Å². The van der Waals surface area contributed by atoms with E-state index < -0.39 is 17.2 Å². The van der Waals surface area contributed by atoms with Crippen molar-refractivity contribution < 1.29 is 9.53 Å². The van der Waals surface area contributed by atoms with Gasteiger partial charge in [-0.25, -0.2) is 9.79 Å². The second-order valence-electron chi connectivity index (χ2n) is 3.16. The molecule has 1 amide bonds. The number of fused-ring (bicyclic) bond motifs is 2. The lowest BCUT2D eigenvalue weighted by Crippen LogP contribution is -2.53. The van der Waals surface area contributed by atoms with Crippen LogP contribution in [0.25, 0.3) is 5.76 Å². The van der Waals surface area contributed by atoms with Crippen LogP contribution >= 0.6 is 0 Å². The van der Waals surface area contributed by atoms with E-state index in [0.29, 0.717) is 0 Å². The fourth-order valence-electron chi connectivity index (χ4n) is 1.58. The van der Waals surface area contributed by atoms with Gasteiger partial charge in [-0.15, -0.1) is 0 Å². The Labute approximate surface area is 86.0 Å². The normalized spacial score (nSPS) is 17.1. The van der Waals surface area contributed by atoms with Crippen LogP contribution in [0.5, 0.6) is 0 Å². The molecule has 0 aliphatic carbocycles. The van der Waals surface area contributed by atoms with Gasteiger partial charge in [-0.1, -0.05) is 0 Å². The topological polar surface area (TPSA) is 117 Å². The number of hydrogen-bond acceptors (Lipinski definition) is 5. The molecule has 0 aromatic carbocycles. The average Bonchev–Trinajstić information content (AvgIpc) is 2.65. The number of ether oxygens (including phenoxy) is 1. The highest BCUT2D eigenvalue weighted by atomic mass is 16.5. The smallest absolute Gasteiger partial charge is 0.327 e. The van der Waals surface area contributed by atoms with E-state index in [9.17, 15) is 14.4 Å². The minimum absolute atomic E-state index is 0.0186. The Balaban J connectivity index is 2.64. The second-order valence-corrected chi connectivity index (χ2v) is 3.16. The molecular weight excluding hydrogens is 216 g/mol. The van der Waals surface area contributed by atoms with Gasteiger partial charge in [0.15, 0.2) is 23.7 Å². The Morgan fingerprint density at radius 3 is 2.81 bits per heavy atom. The van der Waals surface area contributed by atoms with Crippen LogP contribution in [0.15, 0.2) is 19.6 Å². The third-order valence-corrected chi connectivity index (χ3v) is 2.21. The molecule has 8 heteroatoms. The Bertz CT molecular complexity index is 766. The Morgan fingerprint density at radius 1 is 1.19 bits per heavy atom. The number of aliphatic imine (C=N–C) groups is 1. The number of carbonyl (C=O) groups is 1. The van der Waals surface area contributed by atoms with Crippen molar-refractivity contribution >= 4 is 17.4 Å². The molecule has 16 heavy (non-hydrogen) atoms. The summed E-state index contributed by atoms with van der Waals surface area (Å²) in [6.45, 7) is -0.0239. The molecule has 0 bridgehead atoms. The molecule has 0 spiro atoms. The standard InChI is InChI=1S/C8H4N4O4/c13-6-2-4-3(9-1-16-4)7(14)10-5(2)11-8(15)12-6/h1H2,(H2,10,11,12,13,14,15). The van der Waals surface area contributed by atoms with Crippen molar-refractivity contribution in [3.8, 4) is 0 Å². The first-order valence-electron chi connectivity index (χ1n) is 4.34. The fraction of sp³-hybridized carbons (Fsp3) is 0.125. The predicted octanol–water partition coefficient (Wildman–Crippen LogP) is -3.24. The summed E-state index contributed by atoms with van der Waals surface area (Å²) in [5, 5.41) is 0.0375. The van der Waals surface area contributed by atoms with Crippen LogP contribution in [0.3, 0.4) is 0 Å². The maximum Gasteiger partial charge on any atom is 0.327 e. The third-order valence-electron chi connectivity index (χ3n) is 2.21. The number of amides is 1. The van der Waals surface area contributed by atoms with E-state index in [-0.39, 0.29) is 28.9 Å². The molecule has 1 aromatic heterocycles. The van der Waals surface area contributed by atoms with Crippen molar-refractivity contribution in [1.29, 1.82) is 0 Å². The molecule has 8 nitrogen and oxygen atoms in total. The molecular formula is C8H4N4O4. The monoisotopic (exact) mass is 220 g/mol. The molecule has 0 atom stereocenters. The Kier molecular flexibility index (Phi) is 1.51. The highest BCUT2D eigenvalue weighted by Crippen LogP contribution is 2.10. The zero-order valence-corrected chi connectivity index (χ0v) is 7.73. The van der Waals surface area contributed by atoms with Gasteiger partial charge in [0.25, 0.3) is 5.56 Å². The fourth-order valence-corrected chi connectivity index (χ4v) is 1.58. The van der Waals surface area contributed by atoms with Crippen LogP contribution < -0.4 is 22.0 Å². The molecule has 0 saturated heterocycles. The van der Waals surface area contributed by atoms with E-state index in [1.807, 2.05) is 4.98 Å². The molecule has 3 heterocycles. The number of nitrogens with one attached hydrogen (secondary N) is 2. The largest absolute Gasteiger partial charge is 0.468 e. The van der Waals surface area contributed by atoms with Crippen LogP contribution in [0.4, 0.5) is 0 Å². The Hall–Kier alpha value is -2.51. The summed E-state index contributed by atoms with van der Waals surface area (Å²) >= 11 is 0. The SMILES string of the molecule is O=C1N=c2[nH]c(=O)[nH]c(=O)c2=C2OCN=C12. The maximum absolute atomic E-state index is 11.5. The summed E-state index contributed by atoms with van der Waals surface area (Å²) in [6.07, 6.45) is 0. The zero-order chi connectivity index (χ0) is 11.3. The summed E-state index contributed by atoms with van der Waals surface area (Å²) < 4.78 is 5.06. The van der Waals surface area contributed by atoms with Crippen LogP contribution in [-0.4, -0.2) is 28.3 Å². The lowest BCUT2D eigenvalue weighted by Gasteiger charge is -2.03. The zero-order valence-electron chi connectivity index (χ0n) is 7.73. The minimum atomic E-state index is -0.723. The summed E-state index contributed by atoms with van der Waals surface area (Å²) in [6, 6.07) is 0. The lowest BCUT2D eigenvalue weighted by atomic mass is 10.2. The number of aromatic nitrogens is 2. The molecule has 0 unspecified atom stereocenters. The van der Waals surface area contributed by atoms with Gasteiger partial charge in [0.1, 0.15) is 5.22 Å². The van der Waals surface area contributed by atoms with Gasteiger partial charge in [0.05, 0.1) is 0 Å². The van der Waals surface area contributed by atoms with Gasteiger partial charge in [-0.05, 0) is 0 Å². The first kappa shape index (κ1) is 8.77. The van der Waals surface area contributed by atoms with Crippen LogP contribution in [-0.2, 0) is 9.53 Å². The van der Waals surface area contributed by atoms with Crippen molar-refractivity contribution in [2.75, 3.05) is 6.73 Å². The van der Waals surface area contributed by atoms with E-state index in [2.05, 4.69) is 15.0 Å². The van der Waals surface area contributed by atoms with E-state index in [1.54, 1.807) is 0 Å². The van der Waals surface area contributed by atoms with E-state index in [0.717, 1.165) is 0 Å². The number of carbonyl (C=O) groups excluding carboxylic acids is 1. The van der Waals surface area contributed by atoms with Gasteiger partial charge < -0.3 is 4.74 Å². The molecule has 2 N–H and O–H groups in total. The molecule has 80 valence electrons. The van der Waals surface area contributed by atoms with Crippen LogP contribution in [0.1, 0.15) is 0 Å². The third kappa shape index (κ3) is 1.00. The molecule has 1 aromatic rings. The molecule has 2 aliphatic heterocycles. The van der Waals surface area contributed by atoms with Crippen molar-refractivity contribution in [3.63, 3.8) is 0 Å².